The molecule has 2 unspecified atom stereocenters. The summed E-state index contributed by atoms with van der Waals surface area (Å²) in [5, 5.41) is 6.27. The van der Waals surface area contributed by atoms with Crippen LogP contribution in [0.15, 0.2) is 72.8 Å². The average Bonchev–Trinajstić information content (AvgIpc) is 3.61. The van der Waals surface area contributed by atoms with Crippen molar-refractivity contribution >= 4 is 35.2 Å². The Morgan fingerprint density at radius 1 is 1.03 bits per heavy atom. The number of anilines is 1. The number of cyclic esters (lactones) is 1. The third-order valence-electron chi connectivity index (χ3n) is 6.10. The van der Waals surface area contributed by atoms with Gasteiger partial charge in [0.25, 0.3) is 5.91 Å². The molecular formula is C27H23ClFN3O4. The monoisotopic (exact) mass is 507 g/mol. The molecule has 2 aliphatic rings. The van der Waals surface area contributed by atoms with Gasteiger partial charge in [-0.3, -0.25) is 14.5 Å². The van der Waals surface area contributed by atoms with Crippen LogP contribution in [0.5, 0.6) is 0 Å². The number of hydrogen-bond donors (Lipinski definition) is 2. The molecule has 1 saturated heterocycles. The SMILES string of the molecule is O=C(Nc1cccc(C2OC(=O)N(Cc3cccc(Cl)c3)C2C(=O)NC2CC2)c1)c1ccc(F)cc1. The maximum Gasteiger partial charge on any atom is 0.411 e. The van der Waals surface area contributed by atoms with Crippen molar-refractivity contribution in [3.05, 3.63) is 100 Å². The van der Waals surface area contributed by atoms with Crippen LogP contribution in [0.4, 0.5) is 14.9 Å². The smallest absolute Gasteiger partial charge is 0.411 e. The number of nitrogens with zero attached hydrogens (tertiary/aromatic N) is 1. The van der Waals surface area contributed by atoms with Crippen molar-refractivity contribution in [1.82, 2.24) is 10.2 Å². The van der Waals surface area contributed by atoms with Crippen molar-refractivity contribution in [3.63, 3.8) is 0 Å². The predicted molar refractivity (Wildman–Crippen MR) is 132 cm³/mol. The second-order valence-corrected chi connectivity index (χ2v) is 9.31. The lowest BCUT2D eigenvalue weighted by molar-refractivity contribution is -0.126. The molecule has 3 aromatic carbocycles. The zero-order valence-corrected chi connectivity index (χ0v) is 19.9. The van der Waals surface area contributed by atoms with Crippen molar-refractivity contribution < 1.29 is 23.5 Å². The fraction of sp³-hybridized carbons (Fsp3) is 0.222. The lowest BCUT2D eigenvalue weighted by atomic mass is 10.00. The van der Waals surface area contributed by atoms with Gasteiger partial charge in [-0.2, -0.15) is 0 Å². The molecule has 1 heterocycles. The van der Waals surface area contributed by atoms with Gasteiger partial charge >= 0.3 is 6.09 Å². The molecule has 2 N–H and O–H groups in total. The van der Waals surface area contributed by atoms with Crippen LogP contribution in [0.2, 0.25) is 5.02 Å². The highest BCUT2D eigenvalue weighted by molar-refractivity contribution is 6.30. The van der Waals surface area contributed by atoms with Crippen LogP contribution in [0.25, 0.3) is 0 Å². The third-order valence-corrected chi connectivity index (χ3v) is 6.33. The van der Waals surface area contributed by atoms with E-state index in [1.165, 1.54) is 29.2 Å². The summed E-state index contributed by atoms with van der Waals surface area (Å²) in [5.74, 6) is -1.15. The Hall–Kier alpha value is -3.91. The Morgan fingerprint density at radius 2 is 1.78 bits per heavy atom. The Labute approximate surface area is 212 Å². The Balaban J connectivity index is 1.40. The van der Waals surface area contributed by atoms with Gasteiger partial charge in [0.1, 0.15) is 5.82 Å². The summed E-state index contributed by atoms with van der Waals surface area (Å²) >= 11 is 6.11. The summed E-state index contributed by atoms with van der Waals surface area (Å²) in [6.45, 7) is 0.152. The second-order valence-electron chi connectivity index (χ2n) is 8.88. The number of nitrogens with one attached hydrogen (secondary N) is 2. The number of amides is 3. The molecule has 184 valence electrons. The van der Waals surface area contributed by atoms with E-state index >= 15 is 0 Å². The zero-order valence-electron chi connectivity index (χ0n) is 19.1. The van der Waals surface area contributed by atoms with Gasteiger partial charge in [0, 0.05) is 22.3 Å². The quantitative estimate of drug-likeness (QED) is 0.467. The molecular weight excluding hydrogens is 485 g/mol. The van der Waals surface area contributed by atoms with Crippen LogP contribution in [0, 0.1) is 5.82 Å². The van der Waals surface area contributed by atoms with Gasteiger partial charge in [-0.05, 0) is 72.5 Å². The molecule has 3 aromatic rings. The van der Waals surface area contributed by atoms with Gasteiger partial charge in [-0.25, -0.2) is 9.18 Å². The van der Waals surface area contributed by atoms with Crippen LogP contribution in [0.1, 0.15) is 40.4 Å². The van der Waals surface area contributed by atoms with Crippen LogP contribution >= 0.6 is 11.6 Å². The second kappa shape index (κ2) is 9.99. The number of hydrogen-bond acceptors (Lipinski definition) is 4. The fourth-order valence-electron chi connectivity index (χ4n) is 4.15. The first-order chi connectivity index (χ1) is 17.4. The molecule has 7 nitrogen and oxygen atoms in total. The number of benzene rings is 3. The van der Waals surface area contributed by atoms with Gasteiger partial charge in [0.05, 0.1) is 6.54 Å². The van der Waals surface area contributed by atoms with Gasteiger partial charge in [-0.1, -0.05) is 35.9 Å². The number of halogens is 2. The van der Waals surface area contributed by atoms with E-state index in [0.717, 1.165) is 18.4 Å². The van der Waals surface area contributed by atoms with Crippen LogP contribution < -0.4 is 10.6 Å². The zero-order chi connectivity index (χ0) is 25.2. The van der Waals surface area contributed by atoms with Gasteiger partial charge in [0.2, 0.25) is 5.91 Å². The maximum atomic E-state index is 13.3. The third kappa shape index (κ3) is 5.33. The number of carbonyl (C=O) groups is 3. The van der Waals surface area contributed by atoms with E-state index in [4.69, 9.17) is 16.3 Å². The Morgan fingerprint density at radius 3 is 2.50 bits per heavy atom. The van der Waals surface area contributed by atoms with Gasteiger partial charge < -0.3 is 15.4 Å². The Bertz CT molecular complexity index is 1310. The Kier molecular flexibility index (Phi) is 6.61. The number of carbonyl (C=O) groups excluding carboxylic acids is 3. The minimum Gasteiger partial charge on any atom is -0.438 e. The average molecular weight is 508 g/mol. The number of ether oxygens (including phenoxy) is 1. The highest BCUT2D eigenvalue weighted by Crippen LogP contribution is 2.36. The summed E-state index contributed by atoms with van der Waals surface area (Å²) < 4.78 is 18.9. The molecule has 1 aliphatic heterocycles. The maximum absolute atomic E-state index is 13.3. The molecule has 1 saturated carbocycles. The van der Waals surface area contributed by atoms with Gasteiger partial charge in [-0.15, -0.1) is 0 Å². The molecule has 0 bridgehead atoms. The minimum absolute atomic E-state index is 0.100. The normalized spacial score (nSPS) is 19.1. The topological polar surface area (TPSA) is 87.7 Å². The van der Waals surface area contributed by atoms with Crippen molar-refractivity contribution in [2.24, 2.45) is 0 Å². The molecule has 1 aliphatic carbocycles. The standard InChI is InChI=1S/C27H23ClFN3O4/c28-19-5-1-3-16(13-19)15-32-23(26(34)30-21-11-12-21)24(36-27(32)35)18-4-2-6-22(14-18)31-25(33)17-7-9-20(29)10-8-17/h1-10,13-14,21,23-24H,11-12,15H2,(H,30,34)(H,31,33). The van der Waals surface area contributed by atoms with E-state index in [2.05, 4.69) is 10.6 Å². The molecule has 0 radical (unpaired) electrons. The summed E-state index contributed by atoms with van der Waals surface area (Å²) in [6, 6.07) is 18.3. The van der Waals surface area contributed by atoms with Crippen molar-refractivity contribution in [2.45, 2.75) is 37.6 Å². The lowest BCUT2D eigenvalue weighted by Gasteiger charge is -2.24. The lowest BCUT2D eigenvalue weighted by Crippen LogP contribution is -2.46. The summed E-state index contributed by atoms with van der Waals surface area (Å²) in [4.78, 5) is 40.2. The van der Waals surface area contributed by atoms with E-state index in [1.54, 1.807) is 42.5 Å². The van der Waals surface area contributed by atoms with Crippen molar-refractivity contribution in [1.29, 1.82) is 0 Å². The molecule has 36 heavy (non-hydrogen) atoms. The molecule has 2 atom stereocenters. The van der Waals surface area contributed by atoms with Crippen molar-refractivity contribution in [3.8, 4) is 0 Å². The summed E-state index contributed by atoms with van der Waals surface area (Å²) in [6.07, 6.45) is 0.309. The highest BCUT2D eigenvalue weighted by atomic mass is 35.5. The first-order valence-electron chi connectivity index (χ1n) is 11.6. The molecule has 2 fully saturated rings. The minimum atomic E-state index is -0.903. The van der Waals surface area contributed by atoms with Crippen molar-refractivity contribution in [2.75, 3.05) is 5.32 Å². The van der Waals surface area contributed by atoms with E-state index in [9.17, 15) is 18.8 Å². The largest absolute Gasteiger partial charge is 0.438 e. The van der Waals surface area contributed by atoms with E-state index < -0.39 is 30.0 Å². The van der Waals surface area contributed by atoms with Crippen LogP contribution in [-0.2, 0) is 16.1 Å². The fourth-order valence-corrected chi connectivity index (χ4v) is 4.37. The molecule has 0 aromatic heterocycles. The van der Waals surface area contributed by atoms with E-state index in [0.29, 0.717) is 21.8 Å². The predicted octanol–water partition coefficient (Wildman–Crippen LogP) is 5.07. The highest BCUT2D eigenvalue weighted by Gasteiger charge is 2.48. The number of rotatable bonds is 7. The molecule has 9 heteroatoms. The first-order valence-corrected chi connectivity index (χ1v) is 11.9. The van der Waals surface area contributed by atoms with Crippen LogP contribution in [0.3, 0.4) is 0 Å². The van der Waals surface area contributed by atoms with Gasteiger partial charge in [0.15, 0.2) is 12.1 Å². The van der Waals surface area contributed by atoms with Crippen LogP contribution in [-0.4, -0.2) is 34.9 Å². The summed E-state index contributed by atoms with van der Waals surface area (Å²) in [7, 11) is 0. The molecule has 0 spiro atoms. The van der Waals surface area contributed by atoms with E-state index in [-0.39, 0.29) is 18.5 Å². The summed E-state index contributed by atoms with van der Waals surface area (Å²) in [5.41, 5.74) is 2.07. The molecule has 5 rings (SSSR count). The molecule has 3 amide bonds. The first kappa shape index (κ1) is 23.8. The van der Waals surface area contributed by atoms with E-state index in [1.807, 2.05) is 6.07 Å².